The second-order valence-electron chi connectivity index (χ2n) is 5.21. The molecule has 0 radical (unpaired) electrons. The quantitative estimate of drug-likeness (QED) is 0.781. The molecule has 0 aliphatic rings. The Hall–Kier alpha value is -2.59. The highest BCUT2D eigenvalue weighted by Gasteiger charge is 2.06. The van der Waals surface area contributed by atoms with Gasteiger partial charge in [0.25, 0.3) is 0 Å². The van der Waals surface area contributed by atoms with Crippen molar-refractivity contribution in [3.63, 3.8) is 0 Å². The fourth-order valence-corrected chi connectivity index (χ4v) is 2.35. The molecule has 0 unspecified atom stereocenters. The molecule has 23 heavy (non-hydrogen) atoms. The van der Waals surface area contributed by atoms with Crippen molar-refractivity contribution in [2.75, 3.05) is 0 Å². The number of rotatable bonds is 5. The van der Waals surface area contributed by atoms with Crippen molar-refractivity contribution >= 4 is 17.5 Å². The van der Waals surface area contributed by atoms with Crippen LogP contribution in [-0.2, 0) is 17.8 Å². The molecule has 0 fully saturated rings. The first-order chi connectivity index (χ1) is 11.2. The SMILES string of the molecule is O=C(Cc1cnn(-c2ccccc2)c1)NCc1ccc(Cl)cc1. The molecule has 1 N–H and O–H groups in total. The van der Waals surface area contributed by atoms with Crippen LogP contribution >= 0.6 is 11.6 Å². The number of carbonyl (C=O) groups excluding carboxylic acids is 1. The van der Waals surface area contributed by atoms with Gasteiger partial charge in [-0.1, -0.05) is 41.9 Å². The van der Waals surface area contributed by atoms with Crippen LogP contribution in [-0.4, -0.2) is 15.7 Å². The normalized spacial score (nSPS) is 10.5. The Bertz CT molecular complexity index is 782. The Morgan fingerprint density at radius 3 is 2.52 bits per heavy atom. The summed E-state index contributed by atoms with van der Waals surface area (Å²) >= 11 is 5.84. The second-order valence-corrected chi connectivity index (χ2v) is 5.65. The van der Waals surface area contributed by atoms with E-state index in [1.165, 1.54) is 0 Å². The Morgan fingerprint density at radius 2 is 1.78 bits per heavy atom. The molecule has 1 amide bonds. The maximum Gasteiger partial charge on any atom is 0.224 e. The van der Waals surface area contributed by atoms with Crippen LogP contribution in [0.3, 0.4) is 0 Å². The van der Waals surface area contributed by atoms with Gasteiger partial charge in [-0.25, -0.2) is 4.68 Å². The van der Waals surface area contributed by atoms with E-state index in [9.17, 15) is 4.79 Å². The molecule has 1 heterocycles. The predicted octanol–water partition coefficient (Wildman–Crippen LogP) is 3.38. The zero-order valence-corrected chi connectivity index (χ0v) is 13.2. The number of para-hydroxylation sites is 1. The van der Waals surface area contributed by atoms with Crippen molar-refractivity contribution < 1.29 is 4.79 Å². The minimum Gasteiger partial charge on any atom is -0.352 e. The van der Waals surface area contributed by atoms with Gasteiger partial charge in [0.05, 0.1) is 18.3 Å². The van der Waals surface area contributed by atoms with Gasteiger partial charge in [0.1, 0.15) is 0 Å². The summed E-state index contributed by atoms with van der Waals surface area (Å²) in [6.07, 6.45) is 3.90. The van der Waals surface area contributed by atoms with Gasteiger partial charge in [-0.15, -0.1) is 0 Å². The molecule has 3 aromatic rings. The van der Waals surface area contributed by atoms with Crippen molar-refractivity contribution in [1.82, 2.24) is 15.1 Å². The smallest absolute Gasteiger partial charge is 0.224 e. The number of benzene rings is 2. The Kier molecular flexibility index (Phi) is 4.74. The van der Waals surface area contributed by atoms with E-state index in [-0.39, 0.29) is 5.91 Å². The van der Waals surface area contributed by atoms with E-state index in [0.29, 0.717) is 18.0 Å². The zero-order chi connectivity index (χ0) is 16.1. The third kappa shape index (κ3) is 4.20. The molecular weight excluding hydrogens is 310 g/mol. The molecule has 1 aromatic heterocycles. The molecule has 116 valence electrons. The van der Waals surface area contributed by atoms with Crippen molar-refractivity contribution in [1.29, 1.82) is 0 Å². The van der Waals surface area contributed by atoms with Gasteiger partial charge >= 0.3 is 0 Å². The fourth-order valence-electron chi connectivity index (χ4n) is 2.22. The molecule has 0 saturated heterocycles. The summed E-state index contributed by atoms with van der Waals surface area (Å²) in [6, 6.07) is 17.2. The number of carbonyl (C=O) groups is 1. The topological polar surface area (TPSA) is 46.9 Å². The minimum absolute atomic E-state index is 0.0347. The zero-order valence-electron chi connectivity index (χ0n) is 12.4. The van der Waals surface area contributed by atoms with E-state index in [2.05, 4.69) is 10.4 Å². The summed E-state index contributed by atoms with van der Waals surface area (Å²) in [7, 11) is 0. The number of amides is 1. The maximum atomic E-state index is 12.0. The molecule has 0 spiro atoms. The van der Waals surface area contributed by atoms with E-state index >= 15 is 0 Å². The van der Waals surface area contributed by atoms with Crippen molar-refractivity contribution in [2.45, 2.75) is 13.0 Å². The van der Waals surface area contributed by atoms with E-state index in [1.54, 1.807) is 10.9 Å². The van der Waals surface area contributed by atoms with Crippen LogP contribution in [0.25, 0.3) is 5.69 Å². The van der Waals surface area contributed by atoms with Gasteiger partial charge < -0.3 is 5.32 Å². The molecule has 5 heteroatoms. The molecule has 3 rings (SSSR count). The molecular formula is C18H16ClN3O. The van der Waals surface area contributed by atoms with Crippen molar-refractivity contribution in [3.8, 4) is 5.69 Å². The predicted molar refractivity (Wildman–Crippen MR) is 90.6 cm³/mol. The average molecular weight is 326 g/mol. The third-order valence-electron chi connectivity index (χ3n) is 3.42. The lowest BCUT2D eigenvalue weighted by atomic mass is 10.2. The first-order valence-electron chi connectivity index (χ1n) is 7.31. The lowest BCUT2D eigenvalue weighted by Crippen LogP contribution is -2.24. The summed E-state index contributed by atoms with van der Waals surface area (Å²) in [5, 5.41) is 7.87. The van der Waals surface area contributed by atoms with Crippen molar-refractivity contribution in [2.24, 2.45) is 0 Å². The second kappa shape index (κ2) is 7.11. The van der Waals surface area contributed by atoms with Gasteiger partial charge in [-0.05, 0) is 35.4 Å². The minimum atomic E-state index is -0.0347. The molecule has 0 aliphatic carbocycles. The van der Waals surface area contributed by atoms with Crippen LogP contribution < -0.4 is 5.32 Å². The Morgan fingerprint density at radius 1 is 1.04 bits per heavy atom. The van der Waals surface area contributed by atoms with E-state index in [4.69, 9.17) is 11.6 Å². The first-order valence-corrected chi connectivity index (χ1v) is 7.68. The highest BCUT2D eigenvalue weighted by Crippen LogP contribution is 2.10. The standard InChI is InChI=1S/C18H16ClN3O/c19-16-8-6-14(7-9-16)11-20-18(23)10-15-12-21-22(13-15)17-4-2-1-3-5-17/h1-9,12-13H,10-11H2,(H,20,23). The highest BCUT2D eigenvalue weighted by molar-refractivity contribution is 6.30. The van der Waals surface area contributed by atoms with Crippen LogP contribution in [0.4, 0.5) is 0 Å². The van der Waals surface area contributed by atoms with E-state index < -0.39 is 0 Å². The number of nitrogens with one attached hydrogen (secondary N) is 1. The first kappa shape index (κ1) is 15.3. The summed E-state index contributed by atoms with van der Waals surface area (Å²) < 4.78 is 1.77. The summed E-state index contributed by atoms with van der Waals surface area (Å²) in [4.78, 5) is 12.0. The Labute approximate surface area is 139 Å². The maximum absolute atomic E-state index is 12.0. The van der Waals surface area contributed by atoms with Crippen LogP contribution in [0.15, 0.2) is 67.0 Å². The van der Waals surface area contributed by atoms with Crippen LogP contribution in [0, 0.1) is 0 Å². The summed E-state index contributed by atoms with van der Waals surface area (Å²) in [5.74, 6) is -0.0347. The summed E-state index contributed by atoms with van der Waals surface area (Å²) in [6.45, 7) is 0.489. The number of nitrogens with zero attached hydrogens (tertiary/aromatic N) is 2. The fraction of sp³-hybridized carbons (Fsp3) is 0.111. The largest absolute Gasteiger partial charge is 0.352 e. The summed E-state index contributed by atoms with van der Waals surface area (Å²) in [5.41, 5.74) is 2.87. The number of aromatic nitrogens is 2. The van der Waals surface area contributed by atoms with Crippen LogP contribution in [0.1, 0.15) is 11.1 Å². The van der Waals surface area contributed by atoms with Gasteiger partial charge in [0, 0.05) is 17.8 Å². The lowest BCUT2D eigenvalue weighted by molar-refractivity contribution is -0.120. The lowest BCUT2D eigenvalue weighted by Gasteiger charge is -2.04. The number of hydrogen-bond donors (Lipinski definition) is 1. The van der Waals surface area contributed by atoms with Crippen molar-refractivity contribution in [3.05, 3.63) is 83.1 Å². The van der Waals surface area contributed by atoms with Crippen LogP contribution in [0.2, 0.25) is 5.02 Å². The van der Waals surface area contributed by atoms with Gasteiger partial charge in [-0.2, -0.15) is 5.10 Å². The van der Waals surface area contributed by atoms with E-state index in [0.717, 1.165) is 16.8 Å². The number of hydrogen-bond acceptors (Lipinski definition) is 2. The Balaban J connectivity index is 1.56. The highest BCUT2D eigenvalue weighted by atomic mass is 35.5. The monoisotopic (exact) mass is 325 g/mol. The van der Waals surface area contributed by atoms with Gasteiger partial charge in [0.15, 0.2) is 0 Å². The molecule has 0 aliphatic heterocycles. The third-order valence-corrected chi connectivity index (χ3v) is 3.68. The number of halogens is 1. The molecule has 0 atom stereocenters. The van der Waals surface area contributed by atoms with Gasteiger partial charge in [0.2, 0.25) is 5.91 Å². The molecule has 4 nitrogen and oxygen atoms in total. The molecule has 2 aromatic carbocycles. The molecule has 0 saturated carbocycles. The van der Waals surface area contributed by atoms with E-state index in [1.807, 2.05) is 60.8 Å². The van der Waals surface area contributed by atoms with Crippen LogP contribution in [0.5, 0.6) is 0 Å². The molecule has 0 bridgehead atoms. The van der Waals surface area contributed by atoms with Gasteiger partial charge in [-0.3, -0.25) is 4.79 Å². The average Bonchev–Trinajstić information content (AvgIpc) is 3.04.